The molecule has 0 saturated carbocycles. The second kappa shape index (κ2) is 8.06. The van der Waals surface area contributed by atoms with Crippen LogP contribution >= 0.6 is 23.2 Å². The summed E-state index contributed by atoms with van der Waals surface area (Å²) >= 11 is 11.9. The number of hydrogen-bond donors (Lipinski definition) is 1. The molecule has 0 atom stereocenters. The molecule has 1 amide bonds. The number of carbonyl (C=O) groups is 1. The topological polar surface area (TPSA) is 38.3 Å². The van der Waals surface area contributed by atoms with E-state index in [2.05, 4.69) is 5.32 Å². The van der Waals surface area contributed by atoms with Crippen molar-refractivity contribution in [3.8, 4) is 5.75 Å². The van der Waals surface area contributed by atoms with E-state index in [0.717, 1.165) is 5.56 Å². The van der Waals surface area contributed by atoms with E-state index >= 15 is 0 Å². The fourth-order valence-corrected chi connectivity index (χ4v) is 2.53. The van der Waals surface area contributed by atoms with Crippen molar-refractivity contribution in [2.45, 2.75) is 6.61 Å². The first-order valence-electron chi connectivity index (χ1n) is 7.65. The summed E-state index contributed by atoms with van der Waals surface area (Å²) < 4.78 is 5.72. The number of halogens is 2. The highest BCUT2D eigenvalue weighted by Crippen LogP contribution is 2.20. The molecule has 0 spiro atoms. The lowest BCUT2D eigenvalue weighted by atomic mass is 10.2. The van der Waals surface area contributed by atoms with Crippen molar-refractivity contribution in [3.63, 3.8) is 0 Å². The molecule has 3 aromatic rings. The number of hydrogen-bond acceptors (Lipinski definition) is 2. The second-order valence-corrected chi connectivity index (χ2v) is 6.21. The summed E-state index contributed by atoms with van der Waals surface area (Å²) in [6, 6.07) is 21.4. The number of ether oxygens (including phenoxy) is 1. The van der Waals surface area contributed by atoms with Gasteiger partial charge in [-0.25, -0.2) is 0 Å². The van der Waals surface area contributed by atoms with Gasteiger partial charge in [0, 0.05) is 26.9 Å². The van der Waals surface area contributed by atoms with Gasteiger partial charge < -0.3 is 10.1 Å². The predicted octanol–water partition coefficient (Wildman–Crippen LogP) is 5.82. The van der Waals surface area contributed by atoms with Crippen LogP contribution in [0.4, 0.5) is 5.69 Å². The first-order valence-corrected chi connectivity index (χ1v) is 8.40. The van der Waals surface area contributed by atoms with E-state index < -0.39 is 0 Å². The van der Waals surface area contributed by atoms with Crippen LogP contribution in [0.15, 0.2) is 72.8 Å². The molecule has 0 aliphatic rings. The minimum Gasteiger partial charge on any atom is -0.489 e. The molecule has 126 valence electrons. The number of nitrogens with one attached hydrogen (secondary N) is 1. The fourth-order valence-electron chi connectivity index (χ4n) is 2.22. The van der Waals surface area contributed by atoms with Crippen LogP contribution < -0.4 is 10.1 Å². The van der Waals surface area contributed by atoms with Gasteiger partial charge in [0.1, 0.15) is 12.4 Å². The number of anilines is 1. The summed E-state index contributed by atoms with van der Waals surface area (Å²) in [5.41, 5.74) is 2.15. The molecule has 1 N–H and O–H groups in total. The normalized spacial score (nSPS) is 10.3. The van der Waals surface area contributed by atoms with Gasteiger partial charge in [-0.15, -0.1) is 0 Å². The Morgan fingerprint density at radius 3 is 2.24 bits per heavy atom. The van der Waals surface area contributed by atoms with Gasteiger partial charge in [0.05, 0.1) is 0 Å². The lowest BCUT2D eigenvalue weighted by Crippen LogP contribution is -2.11. The zero-order valence-corrected chi connectivity index (χ0v) is 14.7. The molecule has 0 radical (unpaired) electrons. The molecular weight excluding hydrogens is 357 g/mol. The lowest BCUT2D eigenvalue weighted by molar-refractivity contribution is 0.102. The molecule has 5 heteroatoms. The number of rotatable bonds is 5. The minimum absolute atomic E-state index is 0.193. The van der Waals surface area contributed by atoms with Crippen molar-refractivity contribution in [1.82, 2.24) is 0 Å². The average Bonchev–Trinajstić information content (AvgIpc) is 2.63. The van der Waals surface area contributed by atoms with Crippen molar-refractivity contribution >= 4 is 34.8 Å². The summed E-state index contributed by atoms with van der Waals surface area (Å²) in [5.74, 6) is 0.505. The maximum absolute atomic E-state index is 12.2. The Hall–Kier alpha value is -2.49. The van der Waals surface area contributed by atoms with E-state index in [9.17, 15) is 4.79 Å². The molecule has 0 heterocycles. The quantitative estimate of drug-likeness (QED) is 0.612. The molecule has 0 unspecified atom stereocenters. The highest BCUT2D eigenvalue weighted by atomic mass is 35.5. The molecule has 3 rings (SSSR count). The average molecular weight is 372 g/mol. The summed E-state index contributed by atoms with van der Waals surface area (Å²) in [4.78, 5) is 12.2. The van der Waals surface area contributed by atoms with Crippen molar-refractivity contribution in [2.75, 3.05) is 5.32 Å². The second-order valence-electron chi connectivity index (χ2n) is 5.37. The monoisotopic (exact) mass is 371 g/mol. The van der Waals surface area contributed by atoms with E-state index in [1.807, 2.05) is 24.3 Å². The Morgan fingerprint density at radius 2 is 1.56 bits per heavy atom. The van der Waals surface area contributed by atoms with Gasteiger partial charge in [-0.2, -0.15) is 0 Å². The van der Waals surface area contributed by atoms with Gasteiger partial charge in [-0.3, -0.25) is 4.79 Å². The Kier molecular flexibility index (Phi) is 5.59. The predicted molar refractivity (Wildman–Crippen MR) is 102 cm³/mol. The Balaban J connectivity index is 1.59. The standard InChI is InChI=1S/C20H15Cl2NO2/c21-16-7-5-14(6-8-16)20(24)23-17-9-11-18(12-10-17)25-13-15-3-1-2-4-19(15)22/h1-12H,13H2,(H,23,24). The maximum atomic E-state index is 12.2. The summed E-state index contributed by atoms with van der Waals surface area (Å²) in [5, 5.41) is 4.10. The van der Waals surface area contributed by atoms with Crippen LogP contribution in [0, 0.1) is 0 Å². The van der Waals surface area contributed by atoms with Gasteiger partial charge in [0.2, 0.25) is 0 Å². The minimum atomic E-state index is -0.193. The first kappa shape index (κ1) is 17.3. The zero-order valence-electron chi connectivity index (χ0n) is 13.2. The van der Waals surface area contributed by atoms with Crippen LogP contribution in [-0.2, 0) is 6.61 Å². The Labute approximate surface area is 156 Å². The van der Waals surface area contributed by atoms with E-state index in [1.165, 1.54) is 0 Å². The third-order valence-corrected chi connectivity index (χ3v) is 4.19. The third-order valence-electron chi connectivity index (χ3n) is 3.57. The van der Waals surface area contributed by atoms with Crippen LogP contribution in [0.5, 0.6) is 5.75 Å². The van der Waals surface area contributed by atoms with Crippen molar-refractivity contribution < 1.29 is 9.53 Å². The fraction of sp³-hybridized carbons (Fsp3) is 0.0500. The highest BCUT2D eigenvalue weighted by Gasteiger charge is 2.06. The van der Waals surface area contributed by atoms with E-state index in [0.29, 0.717) is 33.7 Å². The maximum Gasteiger partial charge on any atom is 0.255 e. The molecule has 0 bridgehead atoms. The molecule has 0 aliphatic carbocycles. The van der Waals surface area contributed by atoms with Crippen molar-refractivity contribution in [2.24, 2.45) is 0 Å². The molecule has 0 aromatic heterocycles. The lowest BCUT2D eigenvalue weighted by Gasteiger charge is -2.09. The molecule has 3 nitrogen and oxygen atoms in total. The number of carbonyl (C=O) groups excluding carboxylic acids is 1. The number of benzene rings is 3. The highest BCUT2D eigenvalue weighted by molar-refractivity contribution is 6.31. The summed E-state index contributed by atoms with van der Waals surface area (Å²) in [6.45, 7) is 0.385. The van der Waals surface area contributed by atoms with Crippen LogP contribution in [0.25, 0.3) is 0 Å². The molecule has 3 aromatic carbocycles. The Morgan fingerprint density at radius 1 is 0.880 bits per heavy atom. The molecule has 0 saturated heterocycles. The molecule has 0 fully saturated rings. The van der Waals surface area contributed by atoms with Gasteiger partial charge in [0.15, 0.2) is 0 Å². The first-order chi connectivity index (χ1) is 12.1. The molecule has 25 heavy (non-hydrogen) atoms. The van der Waals surface area contributed by atoms with E-state index in [-0.39, 0.29) is 5.91 Å². The van der Waals surface area contributed by atoms with Crippen LogP contribution in [0.1, 0.15) is 15.9 Å². The number of amides is 1. The zero-order chi connectivity index (χ0) is 17.6. The Bertz CT molecular complexity index is 862. The van der Waals surface area contributed by atoms with Gasteiger partial charge >= 0.3 is 0 Å². The van der Waals surface area contributed by atoms with Gasteiger partial charge in [-0.1, -0.05) is 41.4 Å². The van der Waals surface area contributed by atoms with Gasteiger partial charge in [0.25, 0.3) is 5.91 Å². The summed E-state index contributed by atoms with van der Waals surface area (Å²) in [6.07, 6.45) is 0. The van der Waals surface area contributed by atoms with Crippen LogP contribution in [-0.4, -0.2) is 5.91 Å². The van der Waals surface area contributed by atoms with E-state index in [1.54, 1.807) is 48.5 Å². The molecular formula is C20H15Cl2NO2. The van der Waals surface area contributed by atoms with E-state index in [4.69, 9.17) is 27.9 Å². The smallest absolute Gasteiger partial charge is 0.255 e. The SMILES string of the molecule is O=C(Nc1ccc(OCc2ccccc2Cl)cc1)c1ccc(Cl)cc1. The largest absolute Gasteiger partial charge is 0.489 e. The molecule has 0 aliphatic heterocycles. The summed E-state index contributed by atoms with van der Waals surface area (Å²) in [7, 11) is 0. The van der Waals surface area contributed by atoms with Crippen LogP contribution in [0.2, 0.25) is 10.0 Å². The van der Waals surface area contributed by atoms with Gasteiger partial charge in [-0.05, 0) is 54.6 Å². The van der Waals surface area contributed by atoms with Crippen LogP contribution in [0.3, 0.4) is 0 Å². The van der Waals surface area contributed by atoms with Crippen molar-refractivity contribution in [3.05, 3.63) is 94.0 Å². The third kappa shape index (κ3) is 4.75. The van der Waals surface area contributed by atoms with Crippen molar-refractivity contribution in [1.29, 1.82) is 0 Å².